The van der Waals surface area contributed by atoms with Crippen molar-refractivity contribution in [2.45, 2.75) is 6.54 Å². The van der Waals surface area contributed by atoms with Crippen LogP contribution in [0, 0.1) is 0 Å². The van der Waals surface area contributed by atoms with Crippen LogP contribution in [0.15, 0.2) is 35.2 Å². The third kappa shape index (κ3) is 1.61. The Bertz CT molecular complexity index is 382. The van der Waals surface area contributed by atoms with Gasteiger partial charge in [-0.05, 0) is 23.1 Å². The Morgan fingerprint density at radius 1 is 1.38 bits per heavy atom. The molecule has 2 rings (SSSR count). The number of rotatable bonds is 2. The molecule has 2 N–H and O–H groups in total. The fraction of sp³-hybridized carbons (Fsp3) is 0.100. The zero-order valence-electron chi connectivity index (χ0n) is 7.10. The molecule has 0 aliphatic carbocycles. The van der Waals surface area contributed by atoms with Crippen molar-refractivity contribution in [1.29, 1.82) is 0 Å². The molecule has 66 valence electrons. The molecular formula is C10H10N2S. The molecule has 0 spiro atoms. The summed E-state index contributed by atoms with van der Waals surface area (Å²) in [6.45, 7) is 0.541. The summed E-state index contributed by atoms with van der Waals surface area (Å²) in [4.78, 5) is 4.32. The van der Waals surface area contributed by atoms with Gasteiger partial charge in [-0.3, -0.25) is 4.98 Å². The fourth-order valence-corrected chi connectivity index (χ4v) is 1.90. The van der Waals surface area contributed by atoms with Crippen LogP contribution < -0.4 is 5.73 Å². The highest BCUT2D eigenvalue weighted by Gasteiger charge is 2.03. The fourth-order valence-electron chi connectivity index (χ4n) is 1.26. The van der Waals surface area contributed by atoms with E-state index in [1.807, 2.05) is 17.5 Å². The molecule has 3 heteroatoms. The van der Waals surface area contributed by atoms with Gasteiger partial charge in [0.05, 0.1) is 5.69 Å². The molecule has 0 fully saturated rings. The first-order valence-corrected chi connectivity index (χ1v) is 5.02. The summed E-state index contributed by atoms with van der Waals surface area (Å²) in [5.74, 6) is 0. The van der Waals surface area contributed by atoms with Gasteiger partial charge in [-0.1, -0.05) is 6.07 Å². The molecule has 0 aromatic carbocycles. The van der Waals surface area contributed by atoms with Crippen LogP contribution in [-0.4, -0.2) is 4.98 Å². The molecule has 0 aliphatic heterocycles. The predicted octanol–water partition coefficient (Wildman–Crippen LogP) is 2.27. The Morgan fingerprint density at radius 2 is 2.31 bits per heavy atom. The van der Waals surface area contributed by atoms with Gasteiger partial charge >= 0.3 is 0 Å². The van der Waals surface area contributed by atoms with Gasteiger partial charge in [0.2, 0.25) is 0 Å². The van der Waals surface area contributed by atoms with E-state index < -0.39 is 0 Å². The highest BCUT2D eigenvalue weighted by atomic mass is 32.1. The van der Waals surface area contributed by atoms with Gasteiger partial charge in [0, 0.05) is 23.7 Å². The third-order valence-corrected chi connectivity index (χ3v) is 2.59. The first-order chi connectivity index (χ1) is 6.42. The van der Waals surface area contributed by atoms with Crippen molar-refractivity contribution in [2.24, 2.45) is 5.73 Å². The first kappa shape index (κ1) is 8.41. The molecule has 2 heterocycles. The lowest BCUT2D eigenvalue weighted by molar-refractivity contribution is 1.05. The second-order valence-corrected chi connectivity index (χ2v) is 3.51. The molecule has 0 saturated heterocycles. The maximum Gasteiger partial charge on any atom is 0.0755 e. The second kappa shape index (κ2) is 3.68. The number of thiophene rings is 1. The summed E-state index contributed by atoms with van der Waals surface area (Å²) >= 11 is 1.67. The highest BCUT2D eigenvalue weighted by molar-refractivity contribution is 7.08. The summed E-state index contributed by atoms with van der Waals surface area (Å²) in [7, 11) is 0. The van der Waals surface area contributed by atoms with Crippen molar-refractivity contribution in [2.75, 3.05) is 0 Å². The molecule has 0 saturated carbocycles. The molecule has 2 aromatic heterocycles. The van der Waals surface area contributed by atoms with Crippen LogP contribution in [0.4, 0.5) is 0 Å². The van der Waals surface area contributed by atoms with Crippen LogP contribution in [0.25, 0.3) is 11.3 Å². The average molecular weight is 190 g/mol. The van der Waals surface area contributed by atoms with Gasteiger partial charge in [0.15, 0.2) is 0 Å². The number of hydrogen-bond donors (Lipinski definition) is 1. The van der Waals surface area contributed by atoms with Crippen molar-refractivity contribution < 1.29 is 0 Å². The molecule has 0 unspecified atom stereocenters. The Hall–Kier alpha value is -1.19. The van der Waals surface area contributed by atoms with Crippen LogP contribution in [0.1, 0.15) is 5.56 Å². The van der Waals surface area contributed by atoms with Crippen molar-refractivity contribution >= 4 is 11.3 Å². The third-order valence-electron chi connectivity index (χ3n) is 1.91. The van der Waals surface area contributed by atoms with Gasteiger partial charge < -0.3 is 5.73 Å². The predicted molar refractivity (Wildman–Crippen MR) is 55.4 cm³/mol. The quantitative estimate of drug-likeness (QED) is 0.789. The van der Waals surface area contributed by atoms with Gasteiger partial charge in [-0.15, -0.1) is 0 Å². The lowest BCUT2D eigenvalue weighted by Gasteiger charge is -2.02. The van der Waals surface area contributed by atoms with E-state index in [1.54, 1.807) is 17.5 Å². The minimum Gasteiger partial charge on any atom is -0.326 e. The molecular weight excluding hydrogens is 180 g/mol. The molecule has 0 amide bonds. The molecule has 0 aliphatic rings. The van der Waals surface area contributed by atoms with Gasteiger partial charge in [0.1, 0.15) is 0 Å². The summed E-state index contributed by atoms with van der Waals surface area (Å²) in [5, 5.41) is 4.13. The maximum atomic E-state index is 5.62. The summed E-state index contributed by atoms with van der Waals surface area (Å²) < 4.78 is 0. The topological polar surface area (TPSA) is 38.9 Å². The van der Waals surface area contributed by atoms with Crippen molar-refractivity contribution in [1.82, 2.24) is 4.98 Å². The number of aromatic nitrogens is 1. The monoisotopic (exact) mass is 190 g/mol. The Balaban J connectivity index is 2.51. The van der Waals surface area contributed by atoms with E-state index in [-0.39, 0.29) is 0 Å². The number of nitrogens with zero attached hydrogens (tertiary/aromatic N) is 1. The minimum absolute atomic E-state index is 0.541. The van der Waals surface area contributed by atoms with E-state index in [0.717, 1.165) is 16.8 Å². The van der Waals surface area contributed by atoms with E-state index in [2.05, 4.69) is 16.4 Å². The lowest BCUT2D eigenvalue weighted by atomic mass is 10.1. The van der Waals surface area contributed by atoms with Gasteiger partial charge in [-0.2, -0.15) is 11.3 Å². The van der Waals surface area contributed by atoms with Crippen molar-refractivity contribution in [3.63, 3.8) is 0 Å². The number of nitrogens with two attached hydrogens (primary N) is 1. The largest absolute Gasteiger partial charge is 0.326 e. The van der Waals surface area contributed by atoms with Crippen LogP contribution >= 0.6 is 11.3 Å². The van der Waals surface area contributed by atoms with E-state index in [1.165, 1.54) is 0 Å². The molecule has 0 radical (unpaired) electrons. The van der Waals surface area contributed by atoms with Gasteiger partial charge in [-0.25, -0.2) is 0 Å². The summed E-state index contributed by atoms with van der Waals surface area (Å²) in [6, 6.07) is 5.99. The number of pyridine rings is 1. The van der Waals surface area contributed by atoms with Gasteiger partial charge in [0.25, 0.3) is 0 Å². The van der Waals surface area contributed by atoms with Crippen molar-refractivity contribution in [3.8, 4) is 11.3 Å². The van der Waals surface area contributed by atoms with E-state index in [4.69, 9.17) is 5.73 Å². The molecule has 0 bridgehead atoms. The van der Waals surface area contributed by atoms with Crippen LogP contribution in [0.5, 0.6) is 0 Å². The smallest absolute Gasteiger partial charge is 0.0755 e. The average Bonchev–Trinajstić information content (AvgIpc) is 2.70. The van der Waals surface area contributed by atoms with Crippen molar-refractivity contribution in [3.05, 3.63) is 40.7 Å². The summed E-state index contributed by atoms with van der Waals surface area (Å²) in [6.07, 6.45) is 1.80. The van der Waals surface area contributed by atoms with Crippen LogP contribution in [-0.2, 0) is 6.54 Å². The summed E-state index contributed by atoms with van der Waals surface area (Å²) in [5.41, 5.74) is 8.88. The Kier molecular flexibility index (Phi) is 2.38. The van der Waals surface area contributed by atoms with E-state index in [9.17, 15) is 0 Å². The Morgan fingerprint density at radius 3 is 3.00 bits per heavy atom. The normalized spacial score (nSPS) is 10.2. The van der Waals surface area contributed by atoms with Crippen LogP contribution in [0.3, 0.4) is 0 Å². The standard InChI is InChI=1S/C10H10N2S/c11-6-8-2-1-4-12-10(8)9-3-5-13-7-9/h1-5,7H,6,11H2. The molecule has 13 heavy (non-hydrogen) atoms. The SMILES string of the molecule is NCc1cccnc1-c1ccsc1. The Labute approximate surface area is 81.1 Å². The molecule has 0 atom stereocenters. The molecule has 2 aromatic rings. The highest BCUT2D eigenvalue weighted by Crippen LogP contribution is 2.22. The molecule has 2 nitrogen and oxygen atoms in total. The lowest BCUT2D eigenvalue weighted by Crippen LogP contribution is -1.99. The van der Waals surface area contributed by atoms with E-state index >= 15 is 0 Å². The second-order valence-electron chi connectivity index (χ2n) is 2.73. The first-order valence-electron chi connectivity index (χ1n) is 4.08. The zero-order valence-corrected chi connectivity index (χ0v) is 7.92. The number of hydrogen-bond acceptors (Lipinski definition) is 3. The maximum absolute atomic E-state index is 5.62. The van der Waals surface area contributed by atoms with E-state index in [0.29, 0.717) is 6.54 Å². The minimum atomic E-state index is 0.541. The zero-order chi connectivity index (χ0) is 9.10. The van der Waals surface area contributed by atoms with Crippen LogP contribution in [0.2, 0.25) is 0 Å².